The summed E-state index contributed by atoms with van der Waals surface area (Å²) in [5, 5.41) is 2.66. The van der Waals surface area contributed by atoms with Gasteiger partial charge in [-0.2, -0.15) is 0 Å². The summed E-state index contributed by atoms with van der Waals surface area (Å²) in [5.41, 5.74) is 4.56. The highest BCUT2D eigenvalue weighted by molar-refractivity contribution is 7.13. The predicted octanol–water partition coefficient (Wildman–Crippen LogP) is 5.49. The van der Waals surface area contributed by atoms with Gasteiger partial charge in [0.25, 0.3) is 0 Å². The standard InChI is InChI=1S/C23H22N2OS/c1-23(14-18-10-9-17(16-7-8-16)13-19(18)15-23)21(26)25(22-24-11-12-27-22)20-5-3-2-4-6-20/h2-6,9-13,16H,7-8,14-15H2,1H3. The molecule has 5 rings (SSSR count). The average Bonchev–Trinajstić information content (AvgIpc) is 3.28. The van der Waals surface area contributed by atoms with Gasteiger partial charge in [0.15, 0.2) is 5.13 Å². The number of hydrogen-bond acceptors (Lipinski definition) is 3. The first-order valence-corrected chi connectivity index (χ1v) is 10.4. The Labute approximate surface area is 163 Å². The van der Waals surface area contributed by atoms with Crippen molar-refractivity contribution in [3.8, 4) is 0 Å². The van der Waals surface area contributed by atoms with Gasteiger partial charge in [0.2, 0.25) is 5.91 Å². The van der Waals surface area contributed by atoms with E-state index in [1.807, 2.05) is 35.7 Å². The van der Waals surface area contributed by atoms with E-state index in [9.17, 15) is 4.79 Å². The first kappa shape index (κ1) is 16.7. The molecule has 2 aliphatic carbocycles. The number of carbonyl (C=O) groups is 1. The van der Waals surface area contributed by atoms with Crippen molar-refractivity contribution >= 4 is 28.1 Å². The van der Waals surface area contributed by atoms with Crippen molar-refractivity contribution in [3.05, 3.63) is 76.8 Å². The normalized spacial score (nSPS) is 21.1. The Kier molecular flexibility index (Phi) is 3.90. The van der Waals surface area contributed by atoms with Crippen LogP contribution in [-0.2, 0) is 17.6 Å². The summed E-state index contributed by atoms with van der Waals surface area (Å²) >= 11 is 1.50. The van der Waals surface area contributed by atoms with E-state index in [2.05, 4.69) is 30.1 Å². The Bertz CT molecular complexity index is 979. The van der Waals surface area contributed by atoms with Crippen LogP contribution >= 0.6 is 11.3 Å². The lowest BCUT2D eigenvalue weighted by molar-refractivity contribution is -0.126. The van der Waals surface area contributed by atoms with Gasteiger partial charge in [0.1, 0.15) is 0 Å². The van der Waals surface area contributed by atoms with E-state index in [0.29, 0.717) is 0 Å². The lowest BCUT2D eigenvalue weighted by Crippen LogP contribution is -2.40. The van der Waals surface area contributed by atoms with Gasteiger partial charge >= 0.3 is 0 Å². The number of thiazole rings is 1. The fourth-order valence-corrected chi connectivity index (χ4v) is 4.85. The van der Waals surface area contributed by atoms with E-state index < -0.39 is 5.41 Å². The van der Waals surface area contributed by atoms with Gasteiger partial charge in [0, 0.05) is 11.6 Å². The Morgan fingerprint density at radius 2 is 1.89 bits per heavy atom. The molecule has 3 aromatic rings. The topological polar surface area (TPSA) is 33.2 Å². The smallest absolute Gasteiger partial charge is 0.239 e. The number of rotatable bonds is 4. The van der Waals surface area contributed by atoms with Crippen LogP contribution in [0.15, 0.2) is 60.1 Å². The molecule has 0 N–H and O–H groups in total. The largest absolute Gasteiger partial charge is 0.273 e. The summed E-state index contributed by atoms with van der Waals surface area (Å²) in [6, 6.07) is 16.7. The van der Waals surface area contributed by atoms with Crippen LogP contribution in [0.1, 0.15) is 42.4 Å². The maximum atomic E-state index is 13.8. The summed E-state index contributed by atoms with van der Waals surface area (Å²) in [5.74, 6) is 0.877. The highest BCUT2D eigenvalue weighted by atomic mass is 32.1. The summed E-state index contributed by atoms with van der Waals surface area (Å²) < 4.78 is 0. The van der Waals surface area contributed by atoms with Crippen molar-refractivity contribution in [2.45, 2.75) is 38.5 Å². The minimum Gasteiger partial charge on any atom is -0.273 e. The van der Waals surface area contributed by atoms with E-state index in [1.165, 1.54) is 40.9 Å². The SMILES string of the molecule is CC1(C(=O)N(c2ccccc2)c2nccs2)Cc2ccc(C3CC3)cc2C1. The molecule has 1 unspecified atom stereocenters. The molecular formula is C23H22N2OS. The van der Waals surface area contributed by atoms with Gasteiger partial charge in [-0.05, 0) is 60.4 Å². The summed E-state index contributed by atoms with van der Waals surface area (Å²) in [6.07, 6.45) is 5.97. The van der Waals surface area contributed by atoms with Gasteiger partial charge in [-0.1, -0.05) is 43.3 Å². The summed E-state index contributed by atoms with van der Waals surface area (Å²) in [6.45, 7) is 2.11. The van der Waals surface area contributed by atoms with Gasteiger partial charge in [-0.3, -0.25) is 9.69 Å². The van der Waals surface area contributed by atoms with Crippen LogP contribution in [0.4, 0.5) is 10.8 Å². The second-order valence-corrected chi connectivity index (χ2v) is 8.88. The van der Waals surface area contributed by atoms with Crippen LogP contribution in [0, 0.1) is 5.41 Å². The molecule has 1 fully saturated rings. The van der Waals surface area contributed by atoms with Gasteiger partial charge < -0.3 is 0 Å². The molecule has 3 nitrogen and oxygen atoms in total. The number of para-hydroxylation sites is 1. The number of benzene rings is 2. The van der Waals surface area contributed by atoms with Crippen LogP contribution < -0.4 is 4.90 Å². The number of amides is 1. The molecule has 1 amide bonds. The van der Waals surface area contributed by atoms with Crippen LogP contribution in [0.25, 0.3) is 0 Å². The zero-order chi connectivity index (χ0) is 18.4. The van der Waals surface area contributed by atoms with Crippen molar-refractivity contribution in [2.75, 3.05) is 4.90 Å². The van der Waals surface area contributed by atoms with Crippen LogP contribution in [-0.4, -0.2) is 10.9 Å². The second kappa shape index (κ2) is 6.31. The molecular weight excluding hydrogens is 352 g/mol. The second-order valence-electron chi connectivity index (χ2n) is 8.01. The molecule has 27 heavy (non-hydrogen) atoms. The molecule has 1 aromatic heterocycles. The fourth-order valence-electron chi connectivity index (χ4n) is 4.20. The molecule has 136 valence electrons. The van der Waals surface area contributed by atoms with Gasteiger partial charge in [-0.25, -0.2) is 4.98 Å². The molecule has 4 heteroatoms. The minimum absolute atomic E-state index is 0.132. The van der Waals surface area contributed by atoms with E-state index in [0.717, 1.165) is 29.6 Å². The molecule has 1 heterocycles. The zero-order valence-corrected chi connectivity index (χ0v) is 16.2. The fraction of sp³-hybridized carbons (Fsp3) is 0.304. The van der Waals surface area contributed by atoms with Crippen LogP contribution in [0.2, 0.25) is 0 Å². The molecule has 1 atom stereocenters. The molecule has 0 bridgehead atoms. The zero-order valence-electron chi connectivity index (χ0n) is 15.4. The van der Waals surface area contributed by atoms with Crippen LogP contribution in [0.5, 0.6) is 0 Å². The van der Waals surface area contributed by atoms with Crippen molar-refractivity contribution in [2.24, 2.45) is 5.41 Å². The number of carbonyl (C=O) groups excluding carboxylic acids is 1. The Morgan fingerprint density at radius 3 is 2.59 bits per heavy atom. The maximum Gasteiger partial charge on any atom is 0.239 e. The lowest BCUT2D eigenvalue weighted by atomic mass is 9.85. The third-order valence-corrected chi connectivity index (χ3v) is 6.54. The number of anilines is 2. The third kappa shape index (κ3) is 2.98. The van der Waals surface area contributed by atoms with Crippen molar-refractivity contribution < 1.29 is 4.79 Å². The van der Waals surface area contributed by atoms with Crippen molar-refractivity contribution in [1.29, 1.82) is 0 Å². The van der Waals surface area contributed by atoms with E-state index in [4.69, 9.17) is 0 Å². The Balaban J connectivity index is 1.49. The highest BCUT2D eigenvalue weighted by Crippen LogP contribution is 2.45. The average molecular weight is 375 g/mol. The quantitative estimate of drug-likeness (QED) is 0.605. The van der Waals surface area contributed by atoms with E-state index in [1.54, 1.807) is 11.1 Å². The number of nitrogens with zero attached hydrogens (tertiary/aromatic N) is 2. The maximum absolute atomic E-state index is 13.8. The summed E-state index contributed by atoms with van der Waals surface area (Å²) in [7, 11) is 0. The van der Waals surface area contributed by atoms with Crippen LogP contribution in [0.3, 0.4) is 0 Å². The Hall–Kier alpha value is -2.46. The Morgan fingerprint density at radius 1 is 1.11 bits per heavy atom. The predicted molar refractivity (Wildman–Crippen MR) is 110 cm³/mol. The third-order valence-electron chi connectivity index (χ3n) is 5.78. The molecule has 2 aromatic carbocycles. The monoisotopic (exact) mass is 374 g/mol. The molecule has 0 aliphatic heterocycles. The van der Waals surface area contributed by atoms with E-state index >= 15 is 0 Å². The number of hydrogen-bond donors (Lipinski definition) is 0. The highest BCUT2D eigenvalue weighted by Gasteiger charge is 2.43. The van der Waals surface area contributed by atoms with Crippen molar-refractivity contribution in [3.63, 3.8) is 0 Å². The first-order valence-electron chi connectivity index (χ1n) is 9.55. The molecule has 0 saturated heterocycles. The molecule has 2 aliphatic rings. The summed E-state index contributed by atoms with van der Waals surface area (Å²) in [4.78, 5) is 20.0. The van der Waals surface area contributed by atoms with Gasteiger partial charge in [-0.15, -0.1) is 11.3 Å². The molecule has 1 saturated carbocycles. The number of aromatic nitrogens is 1. The van der Waals surface area contributed by atoms with E-state index in [-0.39, 0.29) is 5.91 Å². The molecule has 0 radical (unpaired) electrons. The van der Waals surface area contributed by atoms with Gasteiger partial charge in [0.05, 0.1) is 11.1 Å². The molecule has 0 spiro atoms. The number of fused-ring (bicyclic) bond motifs is 1. The first-order chi connectivity index (χ1) is 13.1. The van der Waals surface area contributed by atoms with Crippen molar-refractivity contribution in [1.82, 2.24) is 4.98 Å². The minimum atomic E-state index is -0.438. The lowest BCUT2D eigenvalue weighted by Gasteiger charge is -2.30.